The van der Waals surface area contributed by atoms with Crippen molar-refractivity contribution in [3.63, 3.8) is 0 Å². The maximum absolute atomic E-state index is 12.2. The van der Waals surface area contributed by atoms with Crippen LogP contribution < -0.4 is 4.74 Å². The molecule has 1 aromatic rings. The van der Waals surface area contributed by atoms with E-state index in [-0.39, 0.29) is 6.09 Å². The van der Waals surface area contributed by atoms with Crippen molar-refractivity contribution in [3.8, 4) is 5.75 Å². The molecule has 162 valence electrons. The second-order valence-electron chi connectivity index (χ2n) is 9.16. The largest absolute Gasteiger partial charge is 0.494 e. The number of likely N-dealkylation sites (tertiary alicyclic amines) is 1. The van der Waals surface area contributed by atoms with Gasteiger partial charge in [-0.1, -0.05) is 6.92 Å². The van der Waals surface area contributed by atoms with E-state index in [1.54, 1.807) is 30.9 Å². The quantitative estimate of drug-likeness (QED) is 0.716. The first kappa shape index (κ1) is 23.0. The van der Waals surface area contributed by atoms with E-state index < -0.39 is 11.6 Å². The van der Waals surface area contributed by atoms with Gasteiger partial charge in [0.2, 0.25) is 0 Å². The van der Waals surface area contributed by atoms with E-state index in [9.17, 15) is 14.7 Å². The van der Waals surface area contributed by atoms with Gasteiger partial charge in [0.1, 0.15) is 11.4 Å². The zero-order chi connectivity index (χ0) is 21.8. The fraction of sp³-hybridized carbons (Fsp3) is 0.652. The van der Waals surface area contributed by atoms with Crippen molar-refractivity contribution in [2.24, 2.45) is 11.8 Å². The maximum Gasteiger partial charge on any atom is 0.410 e. The average Bonchev–Trinajstić information content (AvgIpc) is 2.59. The lowest BCUT2D eigenvalue weighted by atomic mass is 9.84. The van der Waals surface area contributed by atoms with E-state index in [1.165, 1.54) is 0 Å². The highest BCUT2D eigenvalue weighted by Gasteiger charge is 2.29. The molecule has 6 nitrogen and oxygen atoms in total. The van der Waals surface area contributed by atoms with Crippen LogP contribution in [0.5, 0.6) is 5.75 Å². The summed E-state index contributed by atoms with van der Waals surface area (Å²) in [5.41, 5.74) is 1.32. The third kappa shape index (κ3) is 6.65. The number of ether oxygens (including phenoxy) is 2. The molecule has 1 aliphatic heterocycles. The molecule has 0 bridgehead atoms. The zero-order valence-corrected chi connectivity index (χ0v) is 18.6. The molecule has 1 N–H and O–H groups in total. The van der Waals surface area contributed by atoms with Gasteiger partial charge in [-0.05, 0) is 89.0 Å². The molecule has 1 saturated heterocycles. The highest BCUT2D eigenvalue weighted by molar-refractivity contribution is 5.91. The van der Waals surface area contributed by atoms with Crippen molar-refractivity contribution in [1.29, 1.82) is 0 Å². The molecule has 1 unspecified atom stereocenters. The predicted octanol–water partition coefficient (Wildman–Crippen LogP) is 5.05. The first-order valence-corrected chi connectivity index (χ1v) is 10.4. The molecule has 1 fully saturated rings. The van der Waals surface area contributed by atoms with E-state index in [1.807, 2.05) is 20.8 Å². The van der Waals surface area contributed by atoms with Crippen molar-refractivity contribution >= 4 is 12.1 Å². The molecule has 0 saturated carbocycles. The molecule has 0 aliphatic carbocycles. The number of carboxylic acid groups (broad SMARTS) is 1. The molecular formula is C23H35NO5. The van der Waals surface area contributed by atoms with Gasteiger partial charge >= 0.3 is 12.1 Å². The van der Waals surface area contributed by atoms with Gasteiger partial charge in [0.05, 0.1) is 12.2 Å². The number of benzene rings is 1. The number of carbonyl (C=O) groups excluding carboxylic acids is 1. The Bertz CT molecular complexity index is 706. The van der Waals surface area contributed by atoms with Gasteiger partial charge in [0, 0.05) is 13.1 Å². The number of nitrogens with zero attached hydrogens (tertiary/aromatic N) is 1. The van der Waals surface area contributed by atoms with Crippen LogP contribution in [0.4, 0.5) is 4.79 Å². The van der Waals surface area contributed by atoms with Crippen LogP contribution in [0.1, 0.15) is 68.4 Å². The van der Waals surface area contributed by atoms with Crippen LogP contribution in [0.25, 0.3) is 0 Å². The number of rotatable bonds is 6. The number of aromatic carboxylic acids is 1. The Balaban J connectivity index is 1.79. The number of amides is 1. The van der Waals surface area contributed by atoms with Crippen LogP contribution in [0.15, 0.2) is 12.1 Å². The first-order chi connectivity index (χ1) is 13.5. The number of piperidine rings is 1. The van der Waals surface area contributed by atoms with Crippen molar-refractivity contribution in [3.05, 3.63) is 28.8 Å². The second-order valence-corrected chi connectivity index (χ2v) is 9.16. The minimum atomic E-state index is -0.905. The molecule has 2 rings (SSSR count). The highest BCUT2D eigenvalue weighted by Crippen LogP contribution is 2.28. The number of hydrogen-bond acceptors (Lipinski definition) is 4. The summed E-state index contributed by atoms with van der Waals surface area (Å²) >= 11 is 0. The smallest absolute Gasteiger partial charge is 0.410 e. The van der Waals surface area contributed by atoms with E-state index in [2.05, 4.69) is 6.92 Å². The summed E-state index contributed by atoms with van der Waals surface area (Å²) in [4.78, 5) is 25.3. The van der Waals surface area contributed by atoms with Crippen molar-refractivity contribution in [1.82, 2.24) is 4.90 Å². The van der Waals surface area contributed by atoms with Gasteiger partial charge in [0.25, 0.3) is 0 Å². The molecule has 0 spiro atoms. The second kappa shape index (κ2) is 9.51. The van der Waals surface area contributed by atoms with Gasteiger partial charge in [-0.3, -0.25) is 0 Å². The SMILES string of the molecule is Cc1cc(OCCC(C)C2CCN(C(=O)OC(C)(C)C)CC2)cc(C)c1C(=O)O. The lowest BCUT2D eigenvalue weighted by Crippen LogP contribution is -2.42. The summed E-state index contributed by atoms with van der Waals surface area (Å²) < 4.78 is 11.4. The fourth-order valence-electron chi connectivity index (χ4n) is 3.92. The van der Waals surface area contributed by atoms with Gasteiger partial charge < -0.3 is 19.5 Å². The van der Waals surface area contributed by atoms with E-state index in [0.29, 0.717) is 24.0 Å². The Morgan fingerprint density at radius 1 is 1.17 bits per heavy atom. The Labute approximate surface area is 174 Å². The lowest BCUT2D eigenvalue weighted by Gasteiger charge is -2.35. The van der Waals surface area contributed by atoms with Gasteiger partial charge in [-0.15, -0.1) is 0 Å². The van der Waals surface area contributed by atoms with Crippen molar-refractivity contribution in [2.75, 3.05) is 19.7 Å². The van der Waals surface area contributed by atoms with Crippen LogP contribution in [0.3, 0.4) is 0 Å². The summed E-state index contributed by atoms with van der Waals surface area (Å²) in [6, 6.07) is 3.58. The molecule has 0 radical (unpaired) electrons. The summed E-state index contributed by atoms with van der Waals surface area (Å²) in [6.45, 7) is 13.6. The van der Waals surface area contributed by atoms with E-state index >= 15 is 0 Å². The molecule has 1 heterocycles. The number of aryl methyl sites for hydroxylation is 2. The summed E-state index contributed by atoms with van der Waals surface area (Å²) in [5, 5.41) is 9.27. The Kier molecular flexibility index (Phi) is 7.55. The van der Waals surface area contributed by atoms with E-state index in [0.717, 1.165) is 49.2 Å². The minimum Gasteiger partial charge on any atom is -0.494 e. The van der Waals surface area contributed by atoms with Crippen LogP contribution in [0.2, 0.25) is 0 Å². The number of carboxylic acids is 1. The molecule has 29 heavy (non-hydrogen) atoms. The predicted molar refractivity (Wildman–Crippen MR) is 113 cm³/mol. The number of hydrogen-bond donors (Lipinski definition) is 1. The van der Waals surface area contributed by atoms with Crippen molar-refractivity contribution in [2.45, 2.75) is 66.4 Å². The van der Waals surface area contributed by atoms with Crippen molar-refractivity contribution < 1.29 is 24.2 Å². The van der Waals surface area contributed by atoms with Gasteiger partial charge in [-0.2, -0.15) is 0 Å². The molecule has 1 aliphatic rings. The summed E-state index contributed by atoms with van der Waals surface area (Å²) in [6.07, 6.45) is 2.66. The average molecular weight is 406 g/mol. The highest BCUT2D eigenvalue weighted by atomic mass is 16.6. The molecule has 1 atom stereocenters. The molecule has 1 aromatic carbocycles. The topological polar surface area (TPSA) is 76.1 Å². The van der Waals surface area contributed by atoms with Crippen LogP contribution in [0, 0.1) is 25.7 Å². The van der Waals surface area contributed by atoms with E-state index in [4.69, 9.17) is 9.47 Å². The third-order valence-electron chi connectivity index (χ3n) is 5.56. The van der Waals surface area contributed by atoms with Crippen LogP contribution in [-0.4, -0.2) is 47.4 Å². The monoisotopic (exact) mass is 405 g/mol. The normalized spacial score (nSPS) is 16.4. The standard InChI is InChI=1S/C23H35NO5/c1-15(18-7-10-24(11-8-18)22(27)29-23(4,5)6)9-12-28-19-13-16(2)20(21(25)26)17(3)14-19/h13-15,18H,7-12H2,1-6H3,(H,25,26). The Morgan fingerprint density at radius 2 is 1.72 bits per heavy atom. The fourth-order valence-corrected chi connectivity index (χ4v) is 3.92. The zero-order valence-electron chi connectivity index (χ0n) is 18.6. The van der Waals surface area contributed by atoms with Gasteiger partial charge in [0.15, 0.2) is 0 Å². The van der Waals surface area contributed by atoms with Crippen LogP contribution >= 0.6 is 0 Å². The third-order valence-corrected chi connectivity index (χ3v) is 5.56. The lowest BCUT2D eigenvalue weighted by molar-refractivity contribution is 0.0157. The number of carbonyl (C=O) groups is 2. The minimum absolute atomic E-state index is 0.220. The Morgan fingerprint density at radius 3 is 2.21 bits per heavy atom. The molecule has 1 amide bonds. The molecule has 6 heteroatoms. The molecule has 0 aromatic heterocycles. The molecular weight excluding hydrogens is 370 g/mol. The van der Waals surface area contributed by atoms with Crippen LogP contribution in [-0.2, 0) is 4.74 Å². The Hall–Kier alpha value is -2.24. The first-order valence-electron chi connectivity index (χ1n) is 10.4. The van der Waals surface area contributed by atoms with Gasteiger partial charge in [-0.25, -0.2) is 9.59 Å². The summed E-state index contributed by atoms with van der Waals surface area (Å²) in [5.74, 6) is 0.876. The maximum atomic E-state index is 12.2. The summed E-state index contributed by atoms with van der Waals surface area (Å²) in [7, 11) is 0.